The lowest BCUT2D eigenvalue weighted by atomic mass is 10.1. The smallest absolute Gasteiger partial charge is 0.271 e. The van der Waals surface area contributed by atoms with Gasteiger partial charge in [-0.25, -0.2) is 15.0 Å². The van der Waals surface area contributed by atoms with Crippen LogP contribution in [0.1, 0.15) is 28.9 Å². The fraction of sp³-hybridized carbons (Fsp3) is 0.261. The van der Waals surface area contributed by atoms with Crippen LogP contribution in [0, 0.1) is 0 Å². The zero-order chi connectivity index (χ0) is 23.2. The number of carbonyl (C=O) groups is 1. The molecule has 3 heterocycles. The van der Waals surface area contributed by atoms with E-state index in [1.54, 1.807) is 25.8 Å². The Morgan fingerprint density at radius 3 is 2.55 bits per heavy atom. The molecule has 33 heavy (non-hydrogen) atoms. The van der Waals surface area contributed by atoms with Crippen LogP contribution in [-0.4, -0.2) is 43.7 Å². The molecule has 1 aliphatic carbocycles. The van der Waals surface area contributed by atoms with E-state index in [9.17, 15) is 4.79 Å². The fourth-order valence-electron chi connectivity index (χ4n) is 3.99. The normalized spacial score (nSPS) is 14.3. The molecule has 1 aliphatic rings. The van der Waals surface area contributed by atoms with Crippen molar-refractivity contribution in [2.45, 2.75) is 17.6 Å². The van der Waals surface area contributed by atoms with Gasteiger partial charge in [0.2, 0.25) is 0 Å². The molecule has 4 N–H and O–H groups in total. The molecule has 0 atom stereocenters. The first kappa shape index (κ1) is 21.2. The molecule has 0 bridgehead atoms. The molecule has 1 fully saturated rings. The Kier molecular flexibility index (Phi) is 5.16. The lowest BCUT2D eigenvalue weighted by Gasteiger charge is -2.16. The fourth-order valence-corrected chi connectivity index (χ4v) is 4.87. The molecule has 168 valence electrons. The number of nitrogens with zero attached hydrogens (tertiary/aromatic N) is 5. The number of thioether (sulfide) groups is 1. The van der Waals surface area contributed by atoms with E-state index in [0.29, 0.717) is 22.6 Å². The number of hydrogen-bond acceptors (Lipinski definition) is 8. The van der Waals surface area contributed by atoms with E-state index in [-0.39, 0.29) is 16.3 Å². The van der Waals surface area contributed by atoms with Crippen LogP contribution >= 0.6 is 11.8 Å². The molecule has 0 unspecified atom stereocenters. The molecule has 0 spiro atoms. The topological polar surface area (TPSA) is 124 Å². The number of rotatable bonds is 7. The van der Waals surface area contributed by atoms with Crippen molar-refractivity contribution in [3.8, 4) is 11.3 Å². The first-order valence-corrected chi connectivity index (χ1v) is 11.8. The molecule has 5 rings (SSSR count). The third kappa shape index (κ3) is 3.66. The largest absolute Gasteiger partial charge is 0.371 e. The quantitative estimate of drug-likeness (QED) is 0.382. The van der Waals surface area contributed by atoms with Gasteiger partial charge in [0.25, 0.3) is 5.91 Å². The summed E-state index contributed by atoms with van der Waals surface area (Å²) >= 11 is 1.89. The van der Waals surface area contributed by atoms with Crippen molar-refractivity contribution >= 4 is 46.0 Å². The van der Waals surface area contributed by atoms with Gasteiger partial charge >= 0.3 is 0 Å². The number of anilines is 3. The highest BCUT2D eigenvalue weighted by Crippen LogP contribution is 2.56. The second-order valence-corrected chi connectivity index (χ2v) is 9.23. The molecule has 1 aromatic carbocycles. The first-order valence-electron chi connectivity index (χ1n) is 10.5. The number of fused-ring (bicyclic) bond motifs is 1. The molecular formula is C23H24N8OS. The number of aromatic nitrogens is 5. The lowest BCUT2D eigenvalue weighted by molar-refractivity contribution is 0.0996. The predicted molar refractivity (Wildman–Crippen MR) is 132 cm³/mol. The SMILES string of the molecule is CNc1nc(Nc2ccc(C3(SC)CC3)cc2)c(C(N)=O)nc1-c1cncc2c1ncn2C. The second kappa shape index (κ2) is 8.04. The Morgan fingerprint density at radius 1 is 1.15 bits per heavy atom. The van der Waals surface area contributed by atoms with Gasteiger partial charge in [0.15, 0.2) is 17.3 Å². The Labute approximate surface area is 195 Å². The third-order valence-corrected chi connectivity index (χ3v) is 7.45. The van der Waals surface area contributed by atoms with Crippen LogP contribution in [0.4, 0.5) is 17.3 Å². The summed E-state index contributed by atoms with van der Waals surface area (Å²) in [6.07, 6.45) is 9.65. The van der Waals surface area contributed by atoms with Crippen molar-refractivity contribution in [1.82, 2.24) is 24.5 Å². The average Bonchev–Trinajstić information content (AvgIpc) is 3.55. The van der Waals surface area contributed by atoms with Crippen LogP contribution in [0.25, 0.3) is 22.3 Å². The van der Waals surface area contributed by atoms with Gasteiger partial charge in [-0.05, 0) is 36.8 Å². The highest BCUT2D eigenvalue weighted by molar-refractivity contribution is 7.99. The van der Waals surface area contributed by atoms with Gasteiger partial charge in [-0.2, -0.15) is 11.8 Å². The van der Waals surface area contributed by atoms with E-state index in [1.165, 1.54) is 18.4 Å². The predicted octanol–water partition coefficient (Wildman–Crippen LogP) is 3.66. The molecule has 0 radical (unpaired) electrons. The lowest BCUT2D eigenvalue weighted by Crippen LogP contribution is -2.18. The summed E-state index contributed by atoms with van der Waals surface area (Å²) in [5.74, 6) is 0.0971. The van der Waals surface area contributed by atoms with Crippen molar-refractivity contribution < 1.29 is 4.79 Å². The number of aryl methyl sites for hydroxylation is 1. The molecule has 4 aromatic rings. The zero-order valence-corrected chi connectivity index (χ0v) is 19.4. The van der Waals surface area contributed by atoms with Gasteiger partial charge < -0.3 is 20.9 Å². The maximum atomic E-state index is 12.3. The second-order valence-electron chi connectivity index (χ2n) is 8.04. The molecule has 3 aromatic heterocycles. The van der Waals surface area contributed by atoms with Crippen LogP contribution < -0.4 is 16.4 Å². The Morgan fingerprint density at radius 2 is 1.91 bits per heavy atom. The number of primary amides is 1. The maximum Gasteiger partial charge on any atom is 0.271 e. The molecule has 10 heteroatoms. The van der Waals surface area contributed by atoms with Crippen LogP contribution in [-0.2, 0) is 11.8 Å². The minimum atomic E-state index is -0.675. The minimum absolute atomic E-state index is 0.0452. The summed E-state index contributed by atoms with van der Waals surface area (Å²) < 4.78 is 2.12. The van der Waals surface area contributed by atoms with Gasteiger partial charge in [-0.3, -0.25) is 9.78 Å². The van der Waals surface area contributed by atoms with Gasteiger partial charge in [0.1, 0.15) is 11.2 Å². The summed E-state index contributed by atoms with van der Waals surface area (Å²) in [5.41, 5.74) is 10.5. The Hall–Kier alpha value is -3.66. The molecule has 0 aliphatic heterocycles. The summed E-state index contributed by atoms with van der Waals surface area (Å²) in [6, 6.07) is 8.21. The van der Waals surface area contributed by atoms with Crippen molar-refractivity contribution in [2.24, 2.45) is 12.8 Å². The zero-order valence-electron chi connectivity index (χ0n) is 18.6. The number of benzene rings is 1. The van der Waals surface area contributed by atoms with E-state index >= 15 is 0 Å². The van der Waals surface area contributed by atoms with Crippen molar-refractivity contribution in [3.63, 3.8) is 0 Å². The molecule has 0 saturated heterocycles. The van der Waals surface area contributed by atoms with Gasteiger partial charge in [0, 0.05) is 30.7 Å². The van der Waals surface area contributed by atoms with Gasteiger partial charge in [-0.15, -0.1) is 0 Å². The summed E-state index contributed by atoms with van der Waals surface area (Å²) in [5, 5.41) is 6.28. The van der Waals surface area contributed by atoms with E-state index in [1.807, 2.05) is 35.5 Å². The number of imidazole rings is 1. The van der Waals surface area contributed by atoms with Gasteiger partial charge in [-0.1, -0.05) is 12.1 Å². The van der Waals surface area contributed by atoms with Crippen molar-refractivity contribution in [1.29, 1.82) is 0 Å². The molecule has 1 saturated carbocycles. The Balaban J connectivity index is 1.56. The van der Waals surface area contributed by atoms with Gasteiger partial charge in [0.05, 0.1) is 23.6 Å². The number of hydrogen-bond donors (Lipinski definition) is 3. The molecule has 9 nitrogen and oxygen atoms in total. The van der Waals surface area contributed by atoms with Crippen molar-refractivity contribution in [2.75, 3.05) is 23.9 Å². The summed E-state index contributed by atoms with van der Waals surface area (Å²) in [7, 11) is 3.64. The number of amides is 1. The van der Waals surface area contributed by atoms with Crippen LogP contribution in [0.2, 0.25) is 0 Å². The highest BCUT2D eigenvalue weighted by Gasteiger charge is 2.43. The van der Waals surface area contributed by atoms with E-state index in [2.05, 4.69) is 49.0 Å². The number of nitrogens with one attached hydrogen (secondary N) is 2. The van der Waals surface area contributed by atoms with Crippen LogP contribution in [0.15, 0.2) is 43.0 Å². The monoisotopic (exact) mass is 460 g/mol. The van der Waals surface area contributed by atoms with E-state index in [4.69, 9.17) is 5.73 Å². The third-order valence-electron chi connectivity index (χ3n) is 6.03. The average molecular weight is 461 g/mol. The first-order chi connectivity index (χ1) is 16.0. The minimum Gasteiger partial charge on any atom is -0.371 e. The van der Waals surface area contributed by atoms with Crippen molar-refractivity contribution in [3.05, 3.63) is 54.2 Å². The Bertz CT molecular complexity index is 1360. The molecule has 1 amide bonds. The van der Waals surface area contributed by atoms with E-state index < -0.39 is 5.91 Å². The number of carbonyl (C=O) groups excluding carboxylic acids is 1. The maximum absolute atomic E-state index is 12.3. The van der Waals surface area contributed by atoms with Crippen LogP contribution in [0.3, 0.4) is 0 Å². The highest BCUT2D eigenvalue weighted by atomic mass is 32.2. The number of pyridine rings is 1. The summed E-state index contributed by atoms with van der Waals surface area (Å²) in [4.78, 5) is 30.3. The summed E-state index contributed by atoms with van der Waals surface area (Å²) in [6.45, 7) is 0. The van der Waals surface area contributed by atoms with Crippen LogP contribution in [0.5, 0.6) is 0 Å². The standard InChI is InChI=1S/C23H24N8OS/c1-25-21-18(15-10-26-11-16-17(15)27-12-31(16)2)29-19(20(24)32)22(30-21)28-14-6-4-13(5-7-14)23(33-3)8-9-23/h4-7,10-12H,8-9H2,1-3H3,(H2,24,32)(H2,25,28,30). The number of nitrogens with two attached hydrogens (primary N) is 1. The molecular weight excluding hydrogens is 436 g/mol. The van der Waals surface area contributed by atoms with E-state index in [0.717, 1.165) is 11.2 Å².